The third kappa shape index (κ3) is 6.92. The number of allylic oxidation sites excluding steroid dienone is 1. The van der Waals surface area contributed by atoms with E-state index in [1.807, 2.05) is 12.1 Å². The molecule has 344 valence electrons. The largest absolute Gasteiger partial charge is 0.508 e. The third-order valence-corrected chi connectivity index (χ3v) is 17.3. The number of phenols is 4. The van der Waals surface area contributed by atoms with Crippen molar-refractivity contribution in [3.05, 3.63) is 131 Å². The van der Waals surface area contributed by atoms with Gasteiger partial charge < -0.3 is 40.0 Å². The number of nitrogens with one attached hydrogen (secondary N) is 1. The lowest BCUT2D eigenvalue weighted by Gasteiger charge is -2.61. The minimum atomic E-state index is -1.05. The lowest BCUT2D eigenvalue weighted by molar-refractivity contribution is -0.121. The summed E-state index contributed by atoms with van der Waals surface area (Å²) in [5, 5.41) is 57.7. The van der Waals surface area contributed by atoms with Crippen LogP contribution >= 0.6 is 0 Å². The SMILES string of the molecule is NCOc1cc(CCC(=O)C[C@H](O)[C@@H]2C=C[C@H]3C[C@H]([C@]45CC6(CCCC6)CC[C@@H]4c4cc[nH]c4-c4ccccc45)[C@@H]2c2cc(O)c(O)c(OC4(c5cccc(O)c5)CCCC4)c23)ccc1O. The van der Waals surface area contributed by atoms with Gasteiger partial charge in [0.05, 0.1) is 6.10 Å². The Morgan fingerprint density at radius 1 is 0.848 bits per heavy atom. The molecule has 7 atom stereocenters. The lowest BCUT2D eigenvalue weighted by Crippen LogP contribution is -2.54. The molecule has 66 heavy (non-hydrogen) atoms. The predicted molar refractivity (Wildman–Crippen MR) is 252 cm³/mol. The fraction of sp³-hybridized carbons (Fsp3) is 0.446. The Morgan fingerprint density at radius 2 is 1.65 bits per heavy atom. The van der Waals surface area contributed by atoms with Crippen molar-refractivity contribution in [2.45, 2.75) is 131 Å². The average molecular weight is 891 g/mol. The van der Waals surface area contributed by atoms with E-state index in [9.17, 15) is 30.3 Å². The van der Waals surface area contributed by atoms with Crippen LogP contribution in [0.25, 0.3) is 11.3 Å². The summed E-state index contributed by atoms with van der Waals surface area (Å²) in [6, 6.07) is 25.2. The van der Waals surface area contributed by atoms with Gasteiger partial charge in [0.15, 0.2) is 23.0 Å². The number of aliphatic hydroxyl groups is 1. The minimum Gasteiger partial charge on any atom is -0.508 e. The van der Waals surface area contributed by atoms with Gasteiger partial charge in [-0.3, -0.25) is 10.5 Å². The highest BCUT2D eigenvalue weighted by atomic mass is 16.5. The number of fused-ring (bicyclic) bond motifs is 9. The second-order valence-corrected chi connectivity index (χ2v) is 20.7. The topological polar surface area (TPSA) is 178 Å². The summed E-state index contributed by atoms with van der Waals surface area (Å²) in [6.07, 6.45) is 17.9. The zero-order valence-electron chi connectivity index (χ0n) is 37.6. The van der Waals surface area contributed by atoms with Crippen LogP contribution in [0.2, 0.25) is 0 Å². The summed E-state index contributed by atoms with van der Waals surface area (Å²) < 4.78 is 12.6. The highest BCUT2D eigenvalue weighted by Crippen LogP contribution is 2.72. The van der Waals surface area contributed by atoms with Gasteiger partial charge in [0.2, 0.25) is 5.75 Å². The summed E-state index contributed by atoms with van der Waals surface area (Å²) in [7, 11) is 0. The van der Waals surface area contributed by atoms with Crippen LogP contribution in [0.15, 0.2) is 97.2 Å². The number of aryl methyl sites for hydroxylation is 1. The number of aliphatic hydroxyl groups excluding tert-OH is 1. The zero-order chi connectivity index (χ0) is 45.4. The second-order valence-electron chi connectivity index (χ2n) is 20.7. The number of hydrogen-bond acceptors (Lipinski definition) is 9. The van der Waals surface area contributed by atoms with Gasteiger partial charge in [-0.05, 0) is 158 Å². The molecule has 7 aliphatic rings. The lowest BCUT2D eigenvalue weighted by atomic mass is 9.42. The average Bonchev–Trinajstić information content (AvgIpc) is 4.07. The first-order chi connectivity index (χ1) is 32.0. The maximum atomic E-state index is 14.1. The first-order valence-corrected chi connectivity index (χ1v) is 24.4. The number of aromatic hydroxyl groups is 4. The fourth-order valence-corrected chi connectivity index (χ4v) is 14.6. The third-order valence-electron chi connectivity index (χ3n) is 17.3. The first-order valence-electron chi connectivity index (χ1n) is 24.4. The Labute approximate surface area is 386 Å². The molecule has 0 amide bonds. The molecule has 10 heteroatoms. The van der Waals surface area contributed by atoms with E-state index in [0.29, 0.717) is 19.3 Å². The van der Waals surface area contributed by atoms with Crippen molar-refractivity contribution in [1.82, 2.24) is 4.98 Å². The van der Waals surface area contributed by atoms with E-state index in [0.717, 1.165) is 54.4 Å². The molecule has 0 aliphatic heterocycles. The van der Waals surface area contributed by atoms with E-state index in [-0.39, 0.29) is 94.4 Å². The Bertz CT molecular complexity index is 2690. The molecule has 12 rings (SSSR count). The van der Waals surface area contributed by atoms with Gasteiger partial charge in [-0.25, -0.2) is 0 Å². The maximum absolute atomic E-state index is 14.1. The van der Waals surface area contributed by atoms with Crippen molar-refractivity contribution < 1.29 is 39.8 Å². The van der Waals surface area contributed by atoms with Gasteiger partial charge in [-0.15, -0.1) is 0 Å². The standard InChI is InChI=1S/C56H62N2O8/c57-32-65-48-26-33(13-17-45(48)61)12-15-37(60)29-46(62)40-16-14-34-27-44(56-31-54(20-3-4-21-54)24-18-43(56)39-19-25-58-51(39)38-10-1-2-11-42(38)56)50(40)41-30-47(63)52(64)53(49(34)41)66-55(22-5-6-23-55)35-8-7-9-36(59)28-35/h1-2,7-11,13-14,16-17,19,25-26,28,30,34,40,43-44,46,50,58-59,61-64H,3-6,12,15,18,20-24,27,29,31-32,57H2/t34-,40-,43+,44-,46-,50-,56-/m0/s1. The number of H-pyrrole nitrogens is 1. The van der Waals surface area contributed by atoms with Crippen LogP contribution in [0.5, 0.6) is 34.5 Å². The Morgan fingerprint density at radius 3 is 2.45 bits per heavy atom. The number of hydrogen-bond donors (Lipinski definition) is 7. The first kappa shape index (κ1) is 42.9. The van der Waals surface area contributed by atoms with Crippen LogP contribution in [0.1, 0.15) is 141 Å². The number of carbonyl (C=O) groups excluding carboxylic acids is 1. The van der Waals surface area contributed by atoms with E-state index in [2.05, 4.69) is 53.7 Å². The summed E-state index contributed by atoms with van der Waals surface area (Å²) >= 11 is 0. The van der Waals surface area contributed by atoms with Gasteiger partial charge >= 0.3 is 0 Å². The molecule has 3 saturated carbocycles. The normalized spacial score (nSPS) is 26.8. The van der Waals surface area contributed by atoms with Crippen LogP contribution in [0.4, 0.5) is 0 Å². The van der Waals surface area contributed by atoms with Crippen molar-refractivity contribution in [2.24, 2.45) is 23.0 Å². The van der Waals surface area contributed by atoms with E-state index in [1.54, 1.807) is 36.4 Å². The van der Waals surface area contributed by atoms with Crippen LogP contribution in [0, 0.1) is 17.3 Å². The Kier molecular flexibility index (Phi) is 10.8. The van der Waals surface area contributed by atoms with Crippen molar-refractivity contribution in [1.29, 1.82) is 0 Å². The number of carbonyl (C=O) groups is 1. The number of benzene rings is 4. The Hall–Kier alpha value is -5.71. The quantitative estimate of drug-likeness (QED) is 0.0365. The van der Waals surface area contributed by atoms with Crippen molar-refractivity contribution in [3.63, 3.8) is 0 Å². The van der Waals surface area contributed by atoms with Gasteiger partial charge in [0.25, 0.3) is 0 Å². The van der Waals surface area contributed by atoms with E-state index >= 15 is 0 Å². The summed E-state index contributed by atoms with van der Waals surface area (Å²) in [4.78, 5) is 17.7. The van der Waals surface area contributed by atoms with Crippen LogP contribution < -0.4 is 15.2 Å². The van der Waals surface area contributed by atoms with Crippen molar-refractivity contribution >= 4 is 5.78 Å². The molecule has 7 aliphatic carbocycles. The molecular formula is C56H62N2O8. The smallest absolute Gasteiger partial charge is 0.200 e. The van der Waals surface area contributed by atoms with Gasteiger partial charge in [0, 0.05) is 53.1 Å². The van der Waals surface area contributed by atoms with Crippen LogP contribution in [0.3, 0.4) is 0 Å². The maximum Gasteiger partial charge on any atom is 0.200 e. The number of ether oxygens (including phenoxy) is 2. The summed E-state index contributed by atoms with van der Waals surface area (Å²) in [6.45, 7) is -0.0897. The van der Waals surface area contributed by atoms with Gasteiger partial charge in [-0.2, -0.15) is 0 Å². The molecule has 0 radical (unpaired) electrons. The number of nitrogens with two attached hydrogens (primary N) is 1. The van der Waals surface area contributed by atoms with E-state index in [1.165, 1.54) is 54.5 Å². The molecular weight excluding hydrogens is 829 g/mol. The molecule has 1 spiro atoms. The molecule has 1 aromatic heterocycles. The van der Waals surface area contributed by atoms with Crippen LogP contribution in [-0.4, -0.2) is 49.1 Å². The molecule has 10 nitrogen and oxygen atoms in total. The molecule has 2 bridgehead atoms. The van der Waals surface area contributed by atoms with Crippen molar-refractivity contribution in [3.8, 4) is 45.8 Å². The molecule has 5 aromatic rings. The number of phenolic OH excluding ortho intramolecular Hbond substituents is 4. The van der Waals surface area contributed by atoms with E-state index < -0.39 is 17.6 Å². The summed E-state index contributed by atoms with van der Waals surface area (Å²) in [5.74, 6) is -0.869. The molecule has 0 unspecified atom stereocenters. The molecule has 0 saturated heterocycles. The van der Waals surface area contributed by atoms with Gasteiger partial charge in [0.1, 0.15) is 23.9 Å². The Balaban J connectivity index is 1.05. The molecule has 4 aromatic carbocycles. The monoisotopic (exact) mass is 890 g/mol. The highest BCUT2D eigenvalue weighted by Gasteiger charge is 2.63. The second kappa shape index (κ2) is 16.6. The highest BCUT2D eigenvalue weighted by molar-refractivity contribution is 5.79. The minimum absolute atomic E-state index is 0.0201. The zero-order valence-corrected chi connectivity index (χ0v) is 37.6. The van der Waals surface area contributed by atoms with Crippen LogP contribution in [-0.2, 0) is 22.2 Å². The number of rotatable bonds is 12. The summed E-state index contributed by atoms with van der Waals surface area (Å²) in [5.41, 5.74) is 13.1. The number of ketones is 1. The molecule has 1 heterocycles. The van der Waals surface area contributed by atoms with E-state index in [4.69, 9.17) is 15.2 Å². The number of aromatic nitrogens is 1. The fourth-order valence-electron chi connectivity index (χ4n) is 14.6. The molecule has 8 N–H and O–H groups in total. The predicted octanol–water partition coefficient (Wildman–Crippen LogP) is 10.8. The number of Topliss-reactive ketones (excluding diaryl/α,β-unsaturated/α-hetero) is 1. The van der Waals surface area contributed by atoms with Gasteiger partial charge in [-0.1, -0.05) is 67.5 Å². The van der Waals surface area contributed by atoms with Crippen molar-refractivity contribution in [2.75, 3.05) is 6.73 Å². The molecule has 3 fully saturated rings. The number of aromatic amines is 1.